The van der Waals surface area contributed by atoms with E-state index in [1.54, 1.807) is 0 Å². The fourth-order valence-corrected chi connectivity index (χ4v) is 9.37. The average molecular weight is 664 g/mol. The van der Waals surface area contributed by atoms with Gasteiger partial charge in [0, 0.05) is 22.4 Å². The van der Waals surface area contributed by atoms with Gasteiger partial charge in [0.1, 0.15) is 0 Å². The Hall–Kier alpha value is -6.44. The van der Waals surface area contributed by atoms with Gasteiger partial charge in [0.2, 0.25) is 0 Å². The van der Waals surface area contributed by atoms with Crippen molar-refractivity contribution in [3.05, 3.63) is 245 Å². The van der Waals surface area contributed by atoms with Crippen molar-refractivity contribution in [1.29, 1.82) is 0 Å². The molecule has 0 amide bonds. The molecule has 2 aliphatic rings. The smallest absolute Gasteiger partial charge is 0.0713 e. The molecule has 0 aromatic heterocycles. The van der Waals surface area contributed by atoms with Gasteiger partial charge in [-0.3, -0.25) is 0 Å². The second-order valence-electron chi connectivity index (χ2n) is 14.2. The lowest BCUT2D eigenvalue weighted by molar-refractivity contribution is 0.714. The van der Waals surface area contributed by atoms with E-state index in [-0.39, 0.29) is 5.41 Å². The van der Waals surface area contributed by atoms with E-state index in [1.165, 1.54) is 66.9 Å². The molecule has 246 valence electrons. The summed E-state index contributed by atoms with van der Waals surface area (Å²) < 4.78 is 0. The van der Waals surface area contributed by atoms with Crippen LogP contribution < -0.4 is 4.90 Å². The number of rotatable bonds is 6. The molecular weight excluding hydrogens is 627 g/mol. The first-order chi connectivity index (χ1) is 25.7. The molecule has 0 saturated heterocycles. The predicted molar refractivity (Wildman–Crippen MR) is 216 cm³/mol. The minimum absolute atomic E-state index is 0.284. The molecule has 0 N–H and O–H groups in total. The highest BCUT2D eigenvalue weighted by Crippen LogP contribution is 2.59. The van der Waals surface area contributed by atoms with Crippen LogP contribution in [0, 0.1) is 0 Å². The predicted octanol–water partition coefficient (Wildman–Crippen LogP) is 12.9. The molecule has 2 aliphatic carbocycles. The molecule has 8 aromatic carbocycles. The van der Waals surface area contributed by atoms with E-state index >= 15 is 0 Å². The van der Waals surface area contributed by atoms with Crippen LogP contribution in [0.15, 0.2) is 206 Å². The van der Waals surface area contributed by atoms with E-state index < -0.39 is 5.41 Å². The third-order valence-corrected chi connectivity index (χ3v) is 11.6. The maximum atomic E-state index is 2.47. The summed E-state index contributed by atoms with van der Waals surface area (Å²) in [7, 11) is 0. The molecule has 52 heavy (non-hydrogen) atoms. The van der Waals surface area contributed by atoms with Crippen molar-refractivity contribution in [2.24, 2.45) is 0 Å². The quantitative estimate of drug-likeness (QED) is 0.171. The van der Waals surface area contributed by atoms with Crippen LogP contribution in [0.3, 0.4) is 0 Å². The van der Waals surface area contributed by atoms with Crippen LogP contribution in [0.1, 0.15) is 45.9 Å². The molecule has 0 radical (unpaired) electrons. The lowest BCUT2D eigenvalue weighted by Crippen LogP contribution is -2.28. The Bertz CT molecular complexity index is 2530. The van der Waals surface area contributed by atoms with Crippen molar-refractivity contribution >= 4 is 17.1 Å². The summed E-state index contributed by atoms with van der Waals surface area (Å²) >= 11 is 0. The molecule has 1 atom stereocenters. The minimum atomic E-state index is -0.436. The Morgan fingerprint density at radius 2 is 0.846 bits per heavy atom. The Labute approximate surface area is 306 Å². The van der Waals surface area contributed by atoms with Crippen molar-refractivity contribution in [1.82, 2.24) is 0 Å². The second-order valence-corrected chi connectivity index (χ2v) is 14.2. The molecule has 0 spiro atoms. The second kappa shape index (κ2) is 11.8. The lowest BCUT2D eigenvalue weighted by Gasteiger charge is -2.34. The van der Waals surface area contributed by atoms with E-state index in [0.29, 0.717) is 0 Å². The van der Waals surface area contributed by atoms with Gasteiger partial charge in [-0.1, -0.05) is 176 Å². The highest BCUT2D eigenvalue weighted by atomic mass is 15.1. The molecule has 0 heterocycles. The summed E-state index contributed by atoms with van der Waals surface area (Å²) in [6.07, 6.45) is 0. The van der Waals surface area contributed by atoms with Crippen LogP contribution in [-0.2, 0) is 10.8 Å². The standard InChI is InChI=1S/C51H37N/c1-50(36-19-6-2-7-20-36)44-29-16-15-28-42(44)49-47(50)31-18-32-48(49)52(39-25-12-5-13-26-39)40-33-34-46-43(35-40)41-27-14-17-30-45(41)51(46,37-21-8-3-9-22-37)38-23-10-4-11-24-38/h2-35H,1H3. The summed E-state index contributed by atoms with van der Waals surface area (Å²) in [6, 6.07) is 76.0. The SMILES string of the molecule is CC1(c2ccccc2)c2ccccc2-c2c(N(c3ccccc3)c3ccc4c(c3)-c3ccccc3C4(c3ccccc3)c3ccccc3)cccc21. The average Bonchev–Trinajstić information content (AvgIpc) is 3.67. The number of para-hydroxylation sites is 1. The topological polar surface area (TPSA) is 3.24 Å². The fraction of sp³-hybridized carbons (Fsp3) is 0.0588. The van der Waals surface area contributed by atoms with Gasteiger partial charge in [0.25, 0.3) is 0 Å². The van der Waals surface area contributed by atoms with E-state index in [4.69, 9.17) is 0 Å². The number of nitrogens with zero attached hydrogens (tertiary/aromatic N) is 1. The van der Waals surface area contributed by atoms with Gasteiger partial charge in [-0.15, -0.1) is 0 Å². The molecule has 0 saturated carbocycles. The summed E-state index contributed by atoms with van der Waals surface area (Å²) in [5.74, 6) is 0. The Morgan fingerprint density at radius 1 is 0.346 bits per heavy atom. The summed E-state index contributed by atoms with van der Waals surface area (Å²) in [6.45, 7) is 2.39. The monoisotopic (exact) mass is 663 g/mol. The van der Waals surface area contributed by atoms with Gasteiger partial charge in [-0.05, 0) is 92.9 Å². The Balaban J connectivity index is 1.24. The third-order valence-electron chi connectivity index (χ3n) is 11.6. The van der Waals surface area contributed by atoms with E-state index in [1.807, 2.05) is 0 Å². The van der Waals surface area contributed by atoms with Crippen LogP contribution >= 0.6 is 0 Å². The number of hydrogen-bond donors (Lipinski definition) is 0. The molecular formula is C51H37N. The van der Waals surface area contributed by atoms with Crippen LogP contribution in [0.25, 0.3) is 22.3 Å². The van der Waals surface area contributed by atoms with Gasteiger partial charge in [0.05, 0.1) is 11.1 Å². The number of benzene rings is 8. The minimum Gasteiger partial charge on any atom is -0.310 e. The molecule has 1 heteroatoms. The summed E-state index contributed by atoms with van der Waals surface area (Å²) in [5.41, 5.74) is 17.0. The third kappa shape index (κ3) is 4.23. The molecule has 8 aromatic rings. The van der Waals surface area contributed by atoms with Gasteiger partial charge >= 0.3 is 0 Å². The van der Waals surface area contributed by atoms with Crippen molar-refractivity contribution in [2.45, 2.75) is 17.8 Å². The molecule has 0 aliphatic heterocycles. The van der Waals surface area contributed by atoms with E-state index in [9.17, 15) is 0 Å². The summed E-state index contributed by atoms with van der Waals surface area (Å²) in [4.78, 5) is 2.47. The van der Waals surface area contributed by atoms with E-state index in [0.717, 1.165) is 11.4 Å². The normalized spacial score (nSPS) is 16.0. The lowest BCUT2D eigenvalue weighted by atomic mass is 9.68. The first-order valence-electron chi connectivity index (χ1n) is 18.2. The number of anilines is 3. The zero-order valence-electron chi connectivity index (χ0n) is 29.1. The van der Waals surface area contributed by atoms with Crippen LogP contribution in [0.4, 0.5) is 17.1 Å². The number of fused-ring (bicyclic) bond motifs is 6. The Kier molecular flexibility index (Phi) is 6.91. The molecule has 0 bridgehead atoms. The van der Waals surface area contributed by atoms with Crippen molar-refractivity contribution in [3.8, 4) is 22.3 Å². The van der Waals surface area contributed by atoms with Gasteiger partial charge in [-0.25, -0.2) is 0 Å². The largest absolute Gasteiger partial charge is 0.310 e. The van der Waals surface area contributed by atoms with Gasteiger partial charge in [0.15, 0.2) is 0 Å². The van der Waals surface area contributed by atoms with Crippen molar-refractivity contribution in [2.75, 3.05) is 4.90 Å². The van der Waals surface area contributed by atoms with Crippen LogP contribution in [0.5, 0.6) is 0 Å². The van der Waals surface area contributed by atoms with Crippen LogP contribution in [-0.4, -0.2) is 0 Å². The number of hydrogen-bond acceptors (Lipinski definition) is 1. The highest BCUT2D eigenvalue weighted by Gasteiger charge is 2.47. The Morgan fingerprint density at radius 3 is 1.50 bits per heavy atom. The van der Waals surface area contributed by atoms with Gasteiger partial charge < -0.3 is 4.90 Å². The first-order valence-corrected chi connectivity index (χ1v) is 18.2. The first kappa shape index (κ1) is 30.4. The zero-order chi connectivity index (χ0) is 34.7. The highest BCUT2D eigenvalue weighted by molar-refractivity contribution is 5.97. The molecule has 1 nitrogen and oxygen atoms in total. The molecule has 10 rings (SSSR count). The van der Waals surface area contributed by atoms with E-state index in [2.05, 4.69) is 218 Å². The van der Waals surface area contributed by atoms with Crippen molar-refractivity contribution < 1.29 is 0 Å². The maximum Gasteiger partial charge on any atom is 0.0713 e. The molecule has 0 fully saturated rings. The molecule has 1 unspecified atom stereocenters. The van der Waals surface area contributed by atoms with Gasteiger partial charge in [-0.2, -0.15) is 0 Å². The maximum absolute atomic E-state index is 2.47. The fourth-order valence-electron chi connectivity index (χ4n) is 9.37. The summed E-state index contributed by atoms with van der Waals surface area (Å²) in [5, 5.41) is 0. The van der Waals surface area contributed by atoms with Crippen molar-refractivity contribution in [3.63, 3.8) is 0 Å². The zero-order valence-corrected chi connectivity index (χ0v) is 29.1. The van der Waals surface area contributed by atoms with Crippen LogP contribution in [0.2, 0.25) is 0 Å².